The molecule has 0 N–H and O–H groups in total. The number of benzene rings is 4. The van der Waals surface area contributed by atoms with E-state index in [0.717, 1.165) is 11.8 Å². The second kappa shape index (κ2) is 13.7. The maximum atomic E-state index is 12.1. The van der Waals surface area contributed by atoms with Crippen LogP contribution in [0.5, 0.6) is 0 Å². The fourth-order valence-electron chi connectivity index (χ4n) is 5.52. The number of carbonyl (C=O) groups excluding carboxylic acids is 2. The van der Waals surface area contributed by atoms with Crippen molar-refractivity contribution in [3.63, 3.8) is 0 Å². The number of Topliss-reactive ketones (excluding diaryl/α,β-unsaturated/α-hetero) is 1. The van der Waals surface area contributed by atoms with Gasteiger partial charge in [0, 0.05) is 24.0 Å². The number of rotatable bonds is 8. The molecule has 4 aromatic carbocycles. The molecule has 2 atom stereocenters. The van der Waals surface area contributed by atoms with Crippen molar-refractivity contribution in [1.29, 1.82) is 0 Å². The minimum Gasteiger partial charge on any atom is -0.295 e. The zero-order chi connectivity index (χ0) is 26.7. The van der Waals surface area contributed by atoms with Crippen molar-refractivity contribution in [3.05, 3.63) is 143 Å². The molecule has 2 nitrogen and oxygen atoms in total. The third-order valence-electron chi connectivity index (χ3n) is 7.64. The van der Waals surface area contributed by atoms with Gasteiger partial charge in [0.2, 0.25) is 0 Å². The predicted molar refractivity (Wildman–Crippen MR) is 159 cm³/mol. The van der Waals surface area contributed by atoms with Gasteiger partial charge in [-0.2, -0.15) is 0 Å². The molecule has 0 radical (unpaired) electrons. The highest BCUT2D eigenvalue weighted by Crippen LogP contribution is 2.37. The monoisotopic (exact) mass is 504 g/mol. The highest BCUT2D eigenvalue weighted by atomic mass is 16.1. The van der Waals surface area contributed by atoms with E-state index in [2.05, 4.69) is 67.6 Å². The van der Waals surface area contributed by atoms with E-state index in [9.17, 15) is 9.59 Å². The van der Waals surface area contributed by atoms with Crippen LogP contribution >= 0.6 is 0 Å². The smallest absolute Gasteiger partial charge is 0.193 e. The Hall–Kier alpha value is -3.78. The molecule has 38 heavy (non-hydrogen) atoms. The van der Waals surface area contributed by atoms with E-state index >= 15 is 0 Å². The zero-order valence-corrected chi connectivity index (χ0v) is 22.6. The zero-order valence-electron chi connectivity index (χ0n) is 22.6. The van der Waals surface area contributed by atoms with Crippen LogP contribution in [0.25, 0.3) is 0 Å². The molecule has 1 aliphatic rings. The van der Waals surface area contributed by atoms with Crippen molar-refractivity contribution in [2.24, 2.45) is 11.8 Å². The van der Waals surface area contributed by atoms with Crippen molar-refractivity contribution in [3.8, 4) is 0 Å². The van der Waals surface area contributed by atoms with Gasteiger partial charge in [-0.3, -0.25) is 9.59 Å². The normalized spacial score (nSPS) is 16.5. The summed E-state index contributed by atoms with van der Waals surface area (Å²) < 4.78 is 0. The molecule has 0 bridgehead atoms. The molecule has 2 heteroatoms. The molecule has 0 amide bonds. The van der Waals surface area contributed by atoms with Gasteiger partial charge in [-0.05, 0) is 55.2 Å². The molecule has 0 aromatic heterocycles. The SMILES string of the molecule is CC(=O)c1cccc(C(=O)c2ccccc2)c1.CC1CCC(CCC(c2ccccc2)c2ccccc2)C1.[HH]. The minimum absolute atomic E-state index is 0. The lowest BCUT2D eigenvalue weighted by Gasteiger charge is -2.20. The van der Waals surface area contributed by atoms with Gasteiger partial charge in [-0.1, -0.05) is 129 Å². The van der Waals surface area contributed by atoms with Crippen LogP contribution in [0.1, 0.15) is 90.7 Å². The summed E-state index contributed by atoms with van der Waals surface area (Å²) in [6.07, 6.45) is 6.98. The third kappa shape index (κ3) is 7.61. The van der Waals surface area contributed by atoms with Gasteiger partial charge in [-0.15, -0.1) is 0 Å². The molecule has 0 heterocycles. The van der Waals surface area contributed by atoms with E-state index in [-0.39, 0.29) is 13.0 Å². The van der Waals surface area contributed by atoms with Gasteiger partial charge in [0.15, 0.2) is 11.6 Å². The van der Waals surface area contributed by atoms with Gasteiger partial charge in [0.05, 0.1) is 0 Å². The largest absolute Gasteiger partial charge is 0.295 e. The Labute approximate surface area is 229 Å². The Balaban J connectivity index is 0.000000215. The molecule has 1 aliphatic carbocycles. The second-order valence-electron chi connectivity index (χ2n) is 10.6. The van der Waals surface area contributed by atoms with Crippen LogP contribution in [-0.4, -0.2) is 11.6 Å². The van der Waals surface area contributed by atoms with Gasteiger partial charge in [-0.25, -0.2) is 0 Å². The first-order valence-electron chi connectivity index (χ1n) is 13.8. The second-order valence-corrected chi connectivity index (χ2v) is 10.6. The van der Waals surface area contributed by atoms with Crippen molar-refractivity contribution in [2.45, 2.75) is 51.9 Å². The Bertz CT molecular complexity index is 1260. The molecule has 1 saturated carbocycles. The van der Waals surface area contributed by atoms with Crippen LogP contribution < -0.4 is 0 Å². The Morgan fingerprint density at radius 1 is 0.711 bits per heavy atom. The Morgan fingerprint density at radius 3 is 1.76 bits per heavy atom. The summed E-state index contributed by atoms with van der Waals surface area (Å²) in [7, 11) is 0. The lowest BCUT2D eigenvalue weighted by Crippen LogP contribution is -2.04. The van der Waals surface area contributed by atoms with Crippen molar-refractivity contribution in [2.75, 3.05) is 0 Å². The van der Waals surface area contributed by atoms with Crippen molar-refractivity contribution >= 4 is 11.6 Å². The molecular formula is C36H40O2. The van der Waals surface area contributed by atoms with E-state index in [1.807, 2.05) is 18.2 Å². The molecule has 0 aliphatic heterocycles. The lowest BCUT2D eigenvalue weighted by molar-refractivity contribution is 0.101. The molecule has 5 rings (SSSR count). The quantitative estimate of drug-likeness (QED) is 0.224. The summed E-state index contributed by atoms with van der Waals surface area (Å²) in [6.45, 7) is 3.90. The summed E-state index contributed by atoms with van der Waals surface area (Å²) in [4.78, 5) is 23.4. The first-order chi connectivity index (χ1) is 18.5. The molecule has 2 unspecified atom stereocenters. The van der Waals surface area contributed by atoms with Crippen LogP contribution in [0.4, 0.5) is 0 Å². The standard InChI is InChI=1S/C21H26.C15H12O2.H2/c1-17-12-13-18(16-17)14-15-21(19-8-4-2-5-9-19)20-10-6-3-7-11-20;1-11(16)13-8-5-9-14(10-13)15(17)12-6-3-2-4-7-12;/h2-11,17-18,21H,12-16H2,1H3;2-10H,1H3;1H. The molecule has 1 fully saturated rings. The highest BCUT2D eigenvalue weighted by Gasteiger charge is 2.23. The summed E-state index contributed by atoms with van der Waals surface area (Å²) in [5.74, 6) is 2.36. The van der Waals surface area contributed by atoms with E-state index in [1.165, 1.54) is 50.2 Å². The van der Waals surface area contributed by atoms with Crippen molar-refractivity contribution < 1.29 is 11.0 Å². The number of carbonyl (C=O) groups is 2. The van der Waals surface area contributed by atoms with Crippen LogP contribution in [0.3, 0.4) is 0 Å². The fraction of sp³-hybridized carbons (Fsp3) is 0.278. The summed E-state index contributed by atoms with van der Waals surface area (Å²) >= 11 is 0. The maximum Gasteiger partial charge on any atom is 0.193 e. The fourth-order valence-corrected chi connectivity index (χ4v) is 5.52. The average molecular weight is 505 g/mol. The van der Waals surface area contributed by atoms with Crippen LogP contribution in [0.2, 0.25) is 0 Å². The van der Waals surface area contributed by atoms with E-state index in [1.54, 1.807) is 36.4 Å². The van der Waals surface area contributed by atoms with Gasteiger partial charge in [0.1, 0.15) is 0 Å². The van der Waals surface area contributed by atoms with Crippen LogP contribution in [-0.2, 0) is 0 Å². The van der Waals surface area contributed by atoms with Crippen LogP contribution in [0.15, 0.2) is 115 Å². The third-order valence-corrected chi connectivity index (χ3v) is 7.64. The first-order valence-corrected chi connectivity index (χ1v) is 13.8. The number of ketones is 2. The van der Waals surface area contributed by atoms with E-state index in [0.29, 0.717) is 22.6 Å². The molecule has 4 aromatic rings. The number of hydrogen-bond acceptors (Lipinski definition) is 2. The first kappa shape index (κ1) is 27.3. The van der Waals surface area contributed by atoms with Gasteiger partial charge in [0.25, 0.3) is 0 Å². The summed E-state index contributed by atoms with van der Waals surface area (Å²) in [6, 6.07) is 37.9. The maximum absolute atomic E-state index is 12.1. The summed E-state index contributed by atoms with van der Waals surface area (Å²) in [5.41, 5.74) is 4.67. The lowest BCUT2D eigenvalue weighted by atomic mass is 9.84. The predicted octanol–water partition coefficient (Wildman–Crippen LogP) is 9.40. The molecule has 0 spiro atoms. The Morgan fingerprint density at radius 2 is 1.24 bits per heavy atom. The number of hydrogen-bond donors (Lipinski definition) is 0. The molecular weight excluding hydrogens is 464 g/mol. The van der Waals surface area contributed by atoms with Crippen LogP contribution in [0, 0.1) is 11.8 Å². The molecule has 196 valence electrons. The van der Waals surface area contributed by atoms with Crippen molar-refractivity contribution in [1.82, 2.24) is 0 Å². The highest BCUT2D eigenvalue weighted by molar-refractivity contribution is 6.10. The average Bonchev–Trinajstić information content (AvgIpc) is 3.39. The summed E-state index contributed by atoms with van der Waals surface area (Å²) in [5, 5.41) is 0. The molecule has 0 saturated heterocycles. The van der Waals surface area contributed by atoms with Gasteiger partial charge < -0.3 is 0 Å². The minimum atomic E-state index is -0.0614. The van der Waals surface area contributed by atoms with E-state index < -0.39 is 0 Å². The Kier molecular flexibility index (Phi) is 9.81. The topological polar surface area (TPSA) is 34.1 Å². The van der Waals surface area contributed by atoms with E-state index in [4.69, 9.17) is 0 Å². The van der Waals surface area contributed by atoms with Gasteiger partial charge >= 0.3 is 0 Å².